The number of hydrogen-bond donors (Lipinski definition) is 2. The van der Waals surface area contributed by atoms with Gasteiger partial charge in [-0.2, -0.15) is 0 Å². The Bertz CT molecular complexity index is 550. The molecular formula is C15H15NO2. The molecule has 0 aliphatic heterocycles. The highest BCUT2D eigenvalue weighted by Crippen LogP contribution is 2.27. The summed E-state index contributed by atoms with van der Waals surface area (Å²) >= 11 is 0. The first-order valence-corrected chi connectivity index (χ1v) is 5.77. The second-order valence-electron chi connectivity index (χ2n) is 4.08. The van der Waals surface area contributed by atoms with E-state index in [1.165, 1.54) is 6.07 Å². The molecule has 1 unspecified atom stereocenters. The maximum Gasteiger partial charge on any atom is 0.166 e. The van der Waals surface area contributed by atoms with Crippen LogP contribution in [-0.4, -0.2) is 16.4 Å². The summed E-state index contributed by atoms with van der Waals surface area (Å²) in [6.45, 7) is 1.98. The van der Waals surface area contributed by atoms with Crippen molar-refractivity contribution in [1.29, 1.82) is 0 Å². The summed E-state index contributed by atoms with van der Waals surface area (Å²) in [6, 6.07) is 14.7. The van der Waals surface area contributed by atoms with E-state index in [9.17, 15) is 10.2 Å². The van der Waals surface area contributed by atoms with Crippen LogP contribution in [0, 0.1) is 0 Å². The topological polar surface area (TPSA) is 52.8 Å². The zero-order valence-corrected chi connectivity index (χ0v) is 10.1. The number of hydrogen-bond acceptors (Lipinski definition) is 3. The maximum atomic E-state index is 9.64. The monoisotopic (exact) mass is 241 g/mol. The fraction of sp³-hybridized carbons (Fsp3) is 0.133. The molecule has 92 valence electrons. The smallest absolute Gasteiger partial charge is 0.166 e. The van der Waals surface area contributed by atoms with E-state index in [2.05, 4.69) is 4.99 Å². The lowest BCUT2D eigenvalue weighted by atomic mass is 10.1. The molecule has 0 aliphatic carbocycles. The van der Waals surface area contributed by atoms with Crippen molar-refractivity contribution in [3.63, 3.8) is 0 Å². The van der Waals surface area contributed by atoms with Gasteiger partial charge in [-0.3, -0.25) is 4.99 Å². The molecule has 0 aromatic heterocycles. The Labute approximate surface area is 106 Å². The molecule has 2 aromatic carbocycles. The summed E-state index contributed by atoms with van der Waals surface area (Å²) in [5.74, 6) is -0.271. The number of nitrogens with zero attached hydrogens (tertiary/aromatic N) is 1. The van der Waals surface area contributed by atoms with Crippen molar-refractivity contribution in [2.45, 2.75) is 13.0 Å². The van der Waals surface area contributed by atoms with Crippen LogP contribution in [0.4, 0.5) is 0 Å². The Hall–Kier alpha value is -2.29. The van der Waals surface area contributed by atoms with Gasteiger partial charge in [-0.25, -0.2) is 0 Å². The largest absolute Gasteiger partial charge is 0.504 e. The summed E-state index contributed by atoms with van der Waals surface area (Å²) < 4.78 is 0. The zero-order chi connectivity index (χ0) is 13.0. The Balaban J connectivity index is 2.19. The van der Waals surface area contributed by atoms with Crippen LogP contribution in [0.2, 0.25) is 0 Å². The first-order valence-electron chi connectivity index (χ1n) is 5.77. The summed E-state index contributed by atoms with van der Waals surface area (Å²) in [5.41, 5.74) is 1.62. The highest BCUT2D eigenvalue weighted by molar-refractivity contribution is 5.84. The van der Waals surface area contributed by atoms with Crippen LogP contribution in [0.5, 0.6) is 11.5 Å². The van der Waals surface area contributed by atoms with E-state index in [1.54, 1.807) is 18.3 Å². The molecule has 2 N–H and O–H groups in total. The third-order valence-electron chi connectivity index (χ3n) is 2.77. The van der Waals surface area contributed by atoms with Gasteiger partial charge in [-0.15, -0.1) is 0 Å². The molecule has 0 amide bonds. The van der Waals surface area contributed by atoms with Gasteiger partial charge >= 0.3 is 0 Å². The van der Waals surface area contributed by atoms with Gasteiger partial charge < -0.3 is 10.2 Å². The lowest BCUT2D eigenvalue weighted by molar-refractivity contribution is 0.403. The number of rotatable bonds is 3. The van der Waals surface area contributed by atoms with Gasteiger partial charge in [0.2, 0.25) is 0 Å². The van der Waals surface area contributed by atoms with E-state index >= 15 is 0 Å². The van der Waals surface area contributed by atoms with Crippen LogP contribution in [0.25, 0.3) is 0 Å². The molecule has 3 heteroatoms. The van der Waals surface area contributed by atoms with Crippen molar-refractivity contribution in [1.82, 2.24) is 0 Å². The first kappa shape index (κ1) is 12.2. The normalized spacial score (nSPS) is 12.7. The fourth-order valence-electron chi connectivity index (χ4n) is 1.66. The molecule has 0 radical (unpaired) electrons. The first-order chi connectivity index (χ1) is 8.68. The van der Waals surface area contributed by atoms with E-state index < -0.39 is 0 Å². The van der Waals surface area contributed by atoms with Gasteiger partial charge in [-0.05, 0) is 24.6 Å². The molecule has 3 nitrogen and oxygen atoms in total. The summed E-state index contributed by atoms with van der Waals surface area (Å²) in [5, 5.41) is 19.0. The van der Waals surface area contributed by atoms with Gasteiger partial charge in [0.05, 0.1) is 6.04 Å². The molecule has 0 saturated carbocycles. The molecule has 0 bridgehead atoms. The molecule has 0 aliphatic rings. The Kier molecular flexibility index (Phi) is 3.63. The van der Waals surface area contributed by atoms with Gasteiger partial charge in [0.15, 0.2) is 11.5 Å². The van der Waals surface area contributed by atoms with E-state index in [0.29, 0.717) is 5.56 Å². The van der Waals surface area contributed by atoms with Crippen molar-refractivity contribution in [2.24, 2.45) is 4.99 Å². The van der Waals surface area contributed by atoms with Crippen molar-refractivity contribution >= 4 is 6.21 Å². The highest BCUT2D eigenvalue weighted by Gasteiger charge is 2.04. The second kappa shape index (κ2) is 5.36. The lowest BCUT2D eigenvalue weighted by Crippen LogP contribution is -1.91. The number of aromatic hydroxyl groups is 2. The third-order valence-corrected chi connectivity index (χ3v) is 2.77. The van der Waals surface area contributed by atoms with Crippen LogP contribution in [-0.2, 0) is 0 Å². The molecule has 1 atom stereocenters. The second-order valence-corrected chi connectivity index (χ2v) is 4.08. The highest BCUT2D eigenvalue weighted by atomic mass is 16.3. The number of benzene rings is 2. The van der Waals surface area contributed by atoms with Crippen LogP contribution in [0.3, 0.4) is 0 Å². The number of para-hydroxylation sites is 1. The van der Waals surface area contributed by atoms with Crippen molar-refractivity contribution in [3.05, 3.63) is 59.7 Å². The minimum absolute atomic E-state index is 0.00736. The minimum atomic E-state index is -0.137. The number of phenols is 2. The number of phenolic OH excluding ortho intramolecular Hbond substituents is 2. The van der Waals surface area contributed by atoms with E-state index in [1.807, 2.05) is 37.3 Å². The molecule has 18 heavy (non-hydrogen) atoms. The molecular weight excluding hydrogens is 226 g/mol. The van der Waals surface area contributed by atoms with Gasteiger partial charge in [0, 0.05) is 11.8 Å². The maximum absolute atomic E-state index is 9.64. The van der Waals surface area contributed by atoms with Crippen LogP contribution in [0.1, 0.15) is 24.1 Å². The summed E-state index contributed by atoms with van der Waals surface area (Å²) in [6.07, 6.45) is 1.58. The minimum Gasteiger partial charge on any atom is -0.504 e. The number of aliphatic imine (C=N–C) groups is 1. The van der Waals surface area contributed by atoms with Gasteiger partial charge in [-0.1, -0.05) is 36.4 Å². The SMILES string of the molecule is CC(/N=C/c1cccc(O)c1O)c1ccccc1. The standard InChI is InChI=1S/C15H15NO2/c1-11(12-6-3-2-4-7-12)16-10-13-8-5-9-14(17)15(13)18/h2-11,17-18H,1H3/b16-10+. The zero-order valence-electron chi connectivity index (χ0n) is 10.1. The van der Waals surface area contributed by atoms with Crippen molar-refractivity contribution < 1.29 is 10.2 Å². The third kappa shape index (κ3) is 2.69. The van der Waals surface area contributed by atoms with Gasteiger partial charge in [0.1, 0.15) is 0 Å². The van der Waals surface area contributed by atoms with Crippen LogP contribution < -0.4 is 0 Å². The Morgan fingerprint density at radius 3 is 2.44 bits per heavy atom. The quantitative estimate of drug-likeness (QED) is 0.640. The summed E-state index contributed by atoms with van der Waals surface area (Å²) in [7, 11) is 0. The van der Waals surface area contributed by atoms with Crippen LogP contribution in [0.15, 0.2) is 53.5 Å². The van der Waals surface area contributed by atoms with Gasteiger partial charge in [0.25, 0.3) is 0 Å². The predicted octanol–water partition coefficient (Wildman–Crippen LogP) is 3.28. The fourth-order valence-corrected chi connectivity index (χ4v) is 1.66. The van der Waals surface area contributed by atoms with Crippen molar-refractivity contribution in [2.75, 3.05) is 0 Å². The van der Waals surface area contributed by atoms with E-state index in [0.717, 1.165) is 5.56 Å². The average molecular weight is 241 g/mol. The van der Waals surface area contributed by atoms with Crippen molar-refractivity contribution in [3.8, 4) is 11.5 Å². The average Bonchev–Trinajstić information content (AvgIpc) is 2.41. The Morgan fingerprint density at radius 2 is 1.72 bits per heavy atom. The molecule has 0 fully saturated rings. The molecule has 0 spiro atoms. The molecule has 2 rings (SSSR count). The predicted molar refractivity (Wildman–Crippen MR) is 72.2 cm³/mol. The summed E-state index contributed by atoms with van der Waals surface area (Å²) in [4.78, 5) is 4.37. The van der Waals surface area contributed by atoms with Crippen LogP contribution >= 0.6 is 0 Å². The molecule has 2 aromatic rings. The van der Waals surface area contributed by atoms with E-state index in [-0.39, 0.29) is 17.5 Å². The lowest BCUT2D eigenvalue weighted by Gasteiger charge is -2.06. The Morgan fingerprint density at radius 1 is 1.00 bits per heavy atom. The molecule has 0 heterocycles. The molecule has 0 saturated heterocycles. The van der Waals surface area contributed by atoms with E-state index in [4.69, 9.17) is 0 Å².